The van der Waals surface area contributed by atoms with Crippen LogP contribution in [0.3, 0.4) is 0 Å². The molecule has 14 heavy (non-hydrogen) atoms. The fraction of sp³-hybridized carbons (Fsp3) is 1.00. The molecule has 0 bridgehead atoms. The fourth-order valence-corrected chi connectivity index (χ4v) is 3.37. The Labute approximate surface area is 90.8 Å². The Morgan fingerprint density at radius 1 is 1.21 bits per heavy atom. The molecule has 1 heterocycles. The maximum atomic E-state index is 9.00. The predicted octanol–water partition coefficient (Wildman–Crippen LogP) is 1.63. The maximum absolute atomic E-state index is 9.00. The van der Waals surface area contributed by atoms with Crippen molar-refractivity contribution < 1.29 is 5.11 Å². The van der Waals surface area contributed by atoms with Gasteiger partial charge in [0.15, 0.2) is 0 Å². The molecule has 0 amide bonds. The molecule has 1 atom stereocenters. The van der Waals surface area contributed by atoms with Gasteiger partial charge in [0.2, 0.25) is 0 Å². The van der Waals surface area contributed by atoms with Gasteiger partial charge >= 0.3 is 0 Å². The summed E-state index contributed by atoms with van der Waals surface area (Å²) in [5, 5.41) is 12.7. The SMILES string of the molecule is OCCC(NC1CCSCC1)C1CC1. The Morgan fingerprint density at radius 3 is 2.50 bits per heavy atom. The summed E-state index contributed by atoms with van der Waals surface area (Å²) in [5.41, 5.74) is 0. The van der Waals surface area contributed by atoms with E-state index >= 15 is 0 Å². The number of hydrogen-bond donors (Lipinski definition) is 2. The summed E-state index contributed by atoms with van der Waals surface area (Å²) in [4.78, 5) is 0. The quantitative estimate of drug-likeness (QED) is 0.731. The highest BCUT2D eigenvalue weighted by atomic mass is 32.2. The molecular formula is C11H21NOS. The molecule has 3 heteroatoms. The molecule has 2 N–H and O–H groups in total. The van der Waals surface area contributed by atoms with E-state index < -0.39 is 0 Å². The van der Waals surface area contributed by atoms with E-state index in [0.29, 0.717) is 12.6 Å². The van der Waals surface area contributed by atoms with Crippen LogP contribution in [0.2, 0.25) is 0 Å². The highest BCUT2D eigenvalue weighted by molar-refractivity contribution is 7.99. The number of nitrogens with one attached hydrogen (secondary N) is 1. The molecule has 0 aromatic heterocycles. The van der Waals surface area contributed by atoms with E-state index in [4.69, 9.17) is 5.11 Å². The molecule has 1 unspecified atom stereocenters. The van der Waals surface area contributed by atoms with Crippen LogP contribution >= 0.6 is 11.8 Å². The molecule has 1 aliphatic heterocycles. The van der Waals surface area contributed by atoms with E-state index in [1.54, 1.807) is 0 Å². The topological polar surface area (TPSA) is 32.3 Å². The van der Waals surface area contributed by atoms with Crippen molar-refractivity contribution in [1.29, 1.82) is 0 Å². The first kappa shape index (κ1) is 10.8. The van der Waals surface area contributed by atoms with E-state index in [-0.39, 0.29) is 0 Å². The van der Waals surface area contributed by atoms with Gasteiger partial charge < -0.3 is 10.4 Å². The van der Waals surface area contributed by atoms with Crippen LogP contribution < -0.4 is 5.32 Å². The molecule has 1 saturated carbocycles. The second kappa shape index (κ2) is 5.38. The van der Waals surface area contributed by atoms with Gasteiger partial charge in [0.1, 0.15) is 0 Å². The Hall–Kier alpha value is 0.270. The largest absolute Gasteiger partial charge is 0.396 e. The van der Waals surface area contributed by atoms with Gasteiger partial charge in [-0.25, -0.2) is 0 Å². The maximum Gasteiger partial charge on any atom is 0.0445 e. The van der Waals surface area contributed by atoms with Gasteiger partial charge in [-0.15, -0.1) is 0 Å². The van der Waals surface area contributed by atoms with Crippen molar-refractivity contribution in [3.63, 3.8) is 0 Å². The summed E-state index contributed by atoms with van der Waals surface area (Å²) in [6.07, 6.45) is 6.34. The number of rotatable bonds is 5. The van der Waals surface area contributed by atoms with E-state index in [1.165, 1.54) is 37.2 Å². The smallest absolute Gasteiger partial charge is 0.0445 e. The van der Waals surface area contributed by atoms with Crippen LogP contribution in [-0.2, 0) is 0 Å². The lowest BCUT2D eigenvalue weighted by molar-refractivity contribution is 0.245. The highest BCUT2D eigenvalue weighted by Crippen LogP contribution is 2.34. The lowest BCUT2D eigenvalue weighted by Gasteiger charge is -2.28. The average molecular weight is 215 g/mol. The van der Waals surface area contributed by atoms with Crippen LogP contribution in [0, 0.1) is 5.92 Å². The van der Waals surface area contributed by atoms with Gasteiger partial charge in [0, 0.05) is 18.7 Å². The minimum atomic E-state index is 0.343. The minimum Gasteiger partial charge on any atom is -0.396 e. The first-order chi connectivity index (χ1) is 6.90. The van der Waals surface area contributed by atoms with Crippen molar-refractivity contribution in [2.24, 2.45) is 5.92 Å². The van der Waals surface area contributed by atoms with Gasteiger partial charge in [-0.05, 0) is 49.5 Å². The molecule has 0 spiro atoms. The Morgan fingerprint density at radius 2 is 1.93 bits per heavy atom. The van der Waals surface area contributed by atoms with Crippen LogP contribution in [0.15, 0.2) is 0 Å². The molecule has 0 aromatic rings. The number of aliphatic hydroxyl groups excluding tert-OH is 1. The van der Waals surface area contributed by atoms with E-state index in [0.717, 1.165) is 18.4 Å². The highest BCUT2D eigenvalue weighted by Gasteiger charge is 2.32. The van der Waals surface area contributed by atoms with Crippen molar-refractivity contribution in [1.82, 2.24) is 5.32 Å². The zero-order valence-electron chi connectivity index (χ0n) is 8.74. The first-order valence-electron chi connectivity index (χ1n) is 5.85. The average Bonchev–Trinajstić information content (AvgIpc) is 3.02. The van der Waals surface area contributed by atoms with Crippen LogP contribution in [-0.4, -0.2) is 35.3 Å². The first-order valence-corrected chi connectivity index (χ1v) is 7.00. The summed E-state index contributed by atoms with van der Waals surface area (Å²) < 4.78 is 0. The Kier molecular flexibility index (Phi) is 4.14. The summed E-state index contributed by atoms with van der Waals surface area (Å²) in [6.45, 7) is 0.343. The molecule has 0 radical (unpaired) electrons. The van der Waals surface area contributed by atoms with E-state index in [1.807, 2.05) is 0 Å². The summed E-state index contributed by atoms with van der Waals surface area (Å²) >= 11 is 2.07. The predicted molar refractivity (Wildman–Crippen MR) is 61.7 cm³/mol. The van der Waals surface area contributed by atoms with Crippen LogP contribution in [0.5, 0.6) is 0 Å². The summed E-state index contributed by atoms with van der Waals surface area (Å²) in [7, 11) is 0. The van der Waals surface area contributed by atoms with Gasteiger partial charge in [-0.1, -0.05) is 0 Å². The Bertz CT molecular complexity index is 167. The van der Waals surface area contributed by atoms with Crippen LogP contribution in [0.4, 0.5) is 0 Å². The van der Waals surface area contributed by atoms with Gasteiger partial charge in [0.05, 0.1) is 0 Å². The molecule has 82 valence electrons. The van der Waals surface area contributed by atoms with Crippen molar-refractivity contribution in [2.45, 2.75) is 44.2 Å². The number of aliphatic hydroxyl groups is 1. The fourth-order valence-electron chi connectivity index (χ4n) is 2.26. The van der Waals surface area contributed by atoms with Gasteiger partial charge in [-0.2, -0.15) is 11.8 Å². The Balaban J connectivity index is 1.73. The molecule has 0 aromatic carbocycles. The van der Waals surface area contributed by atoms with Crippen molar-refractivity contribution in [2.75, 3.05) is 18.1 Å². The molecular weight excluding hydrogens is 194 g/mol. The molecule has 2 rings (SSSR count). The minimum absolute atomic E-state index is 0.343. The van der Waals surface area contributed by atoms with Crippen molar-refractivity contribution in [3.05, 3.63) is 0 Å². The second-order valence-electron chi connectivity index (χ2n) is 4.51. The molecule has 2 aliphatic rings. The third kappa shape index (κ3) is 3.14. The molecule has 1 saturated heterocycles. The monoisotopic (exact) mass is 215 g/mol. The number of thioether (sulfide) groups is 1. The van der Waals surface area contributed by atoms with Crippen molar-refractivity contribution >= 4 is 11.8 Å². The van der Waals surface area contributed by atoms with Crippen LogP contribution in [0.1, 0.15) is 32.1 Å². The summed E-state index contributed by atoms with van der Waals surface area (Å²) in [5.74, 6) is 3.50. The zero-order chi connectivity index (χ0) is 9.80. The standard InChI is InChI=1S/C11H21NOS/c13-6-3-11(9-1-2-9)12-10-4-7-14-8-5-10/h9-13H,1-8H2. The normalized spacial score (nSPS) is 26.4. The molecule has 1 aliphatic carbocycles. The zero-order valence-corrected chi connectivity index (χ0v) is 9.56. The number of hydrogen-bond acceptors (Lipinski definition) is 3. The van der Waals surface area contributed by atoms with E-state index in [2.05, 4.69) is 17.1 Å². The second-order valence-corrected chi connectivity index (χ2v) is 5.73. The molecule has 2 fully saturated rings. The van der Waals surface area contributed by atoms with Crippen LogP contribution in [0.25, 0.3) is 0 Å². The molecule has 2 nitrogen and oxygen atoms in total. The third-order valence-electron chi connectivity index (χ3n) is 3.30. The lowest BCUT2D eigenvalue weighted by Crippen LogP contribution is -2.42. The lowest BCUT2D eigenvalue weighted by atomic mass is 10.1. The summed E-state index contributed by atoms with van der Waals surface area (Å²) in [6, 6.07) is 1.33. The van der Waals surface area contributed by atoms with Gasteiger partial charge in [-0.3, -0.25) is 0 Å². The third-order valence-corrected chi connectivity index (χ3v) is 4.35. The van der Waals surface area contributed by atoms with E-state index in [9.17, 15) is 0 Å². The van der Waals surface area contributed by atoms with Gasteiger partial charge in [0.25, 0.3) is 0 Å². The van der Waals surface area contributed by atoms with Crippen molar-refractivity contribution in [3.8, 4) is 0 Å².